The zero-order valence-electron chi connectivity index (χ0n) is 25.9. The molecule has 6 bridgehead atoms. The summed E-state index contributed by atoms with van der Waals surface area (Å²) in [7, 11) is 0. The average Bonchev–Trinajstić information content (AvgIpc) is 3.50. The summed E-state index contributed by atoms with van der Waals surface area (Å²) >= 11 is 0. The first-order valence-corrected chi connectivity index (χ1v) is 16.1. The first-order chi connectivity index (χ1) is 17.6. The van der Waals surface area contributed by atoms with E-state index in [1.165, 1.54) is 57.8 Å². The van der Waals surface area contributed by atoms with E-state index in [1.54, 1.807) is 0 Å². The molecule has 0 N–H and O–H groups in total. The van der Waals surface area contributed by atoms with Gasteiger partial charge in [-0.25, -0.2) is 0 Å². The molecule has 6 aliphatic rings. The summed E-state index contributed by atoms with van der Waals surface area (Å²) in [5, 5.41) is 0. The molecule has 0 aliphatic heterocycles. The lowest BCUT2D eigenvalue weighted by Crippen LogP contribution is -2.57. The molecule has 3 unspecified atom stereocenters. The molecule has 6 fully saturated rings. The van der Waals surface area contributed by atoms with Crippen LogP contribution in [0.1, 0.15) is 146 Å². The molecule has 4 nitrogen and oxygen atoms in total. The number of fused-ring (bicyclic) bond motifs is 2. The molecule has 0 radical (unpaired) electrons. The smallest absolute Gasteiger partial charge is 0.306 e. The lowest BCUT2D eigenvalue weighted by Gasteiger charge is -2.59. The van der Waals surface area contributed by atoms with Gasteiger partial charge in [-0.05, 0) is 120 Å². The zero-order chi connectivity index (χ0) is 27.8. The molecule has 216 valence electrons. The second kappa shape index (κ2) is 14.4. The van der Waals surface area contributed by atoms with Crippen LogP contribution >= 0.6 is 0 Å². The predicted molar refractivity (Wildman–Crippen MR) is 153 cm³/mol. The van der Waals surface area contributed by atoms with Crippen molar-refractivity contribution in [3.63, 3.8) is 0 Å². The maximum atomic E-state index is 11.8. The van der Waals surface area contributed by atoms with Gasteiger partial charge < -0.3 is 9.47 Å². The fourth-order valence-electron chi connectivity index (χ4n) is 8.51. The lowest BCUT2D eigenvalue weighted by molar-refractivity contribution is -0.203. The number of rotatable bonds is 7. The average molecular weight is 521 g/mol. The molecule has 4 heteroatoms. The van der Waals surface area contributed by atoms with Gasteiger partial charge in [0.05, 0.1) is 0 Å². The number of hydrogen-bond donors (Lipinski definition) is 0. The Morgan fingerprint density at radius 2 is 1.24 bits per heavy atom. The van der Waals surface area contributed by atoms with Crippen molar-refractivity contribution in [1.29, 1.82) is 0 Å². The van der Waals surface area contributed by atoms with E-state index in [9.17, 15) is 9.59 Å². The van der Waals surface area contributed by atoms with Crippen LogP contribution in [0.5, 0.6) is 0 Å². The highest BCUT2D eigenvalue weighted by molar-refractivity contribution is 5.70. The summed E-state index contributed by atoms with van der Waals surface area (Å²) < 4.78 is 11.6. The summed E-state index contributed by atoms with van der Waals surface area (Å²) in [6.07, 6.45) is 15.0. The van der Waals surface area contributed by atoms with Gasteiger partial charge in [-0.2, -0.15) is 0 Å². The Kier molecular flexibility index (Phi) is 12.5. The van der Waals surface area contributed by atoms with Crippen molar-refractivity contribution in [1.82, 2.24) is 0 Å². The SMILES string of the molecule is CC.CC.CCCC(=O)OC(C)(C)C1CC2CCC1C2.CCCC(=O)OC1(C)C2CC3CC(C2)CC1C3. The Hall–Kier alpha value is -1.06. The predicted octanol–water partition coefficient (Wildman–Crippen LogP) is 9.14. The Morgan fingerprint density at radius 1 is 0.730 bits per heavy atom. The number of carbonyl (C=O) groups is 2. The van der Waals surface area contributed by atoms with Gasteiger partial charge in [0.1, 0.15) is 11.2 Å². The Morgan fingerprint density at radius 3 is 1.68 bits per heavy atom. The minimum Gasteiger partial charge on any atom is -0.459 e. The van der Waals surface area contributed by atoms with E-state index in [-0.39, 0.29) is 23.1 Å². The molecule has 0 heterocycles. The van der Waals surface area contributed by atoms with Gasteiger partial charge in [-0.3, -0.25) is 9.59 Å². The summed E-state index contributed by atoms with van der Waals surface area (Å²) in [6.45, 7) is 18.5. The highest BCUT2D eigenvalue weighted by Gasteiger charge is 2.57. The van der Waals surface area contributed by atoms with Crippen molar-refractivity contribution in [3.05, 3.63) is 0 Å². The molecule has 0 aromatic carbocycles. The number of ether oxygens (including phenoxy) is 2. The van der Waals surface area contributed by atoms with Gasteiger partial charge in [0.2, 0.25) is 0 Å². The van der Waals surface area contributed by atoms with Gasteiger partial charge in [0.25, 0.3) is 0 Å². The molecule has 0 aromatic heterocycles. The third kappa shape index (κ3) is 7.75. The van der Waals surface area contributed by atoms with E-state index < -0.39 is 0 Å². The maximum Gasteiger partial charge on any atom is 0.306 e. The van der Waals surface area contributed by atoms with Gasteiger partial charge in [0, 0.05) is 18.8 Å². The third-order valence-electron chi connectivity index (χ3n) is 10.0. The van der Waals surface area contributed by atoms with Crippen molar-refractivity contribution >= 4 is 11.9 Å². The topological polar surface area (TPSA) is 52.6 Å². The maximum absolute atomic E-state index is 11.8. The minimum atomic E-state index is -0.244. The normalized spacial score (nSPS) is 36.3. The van der Waals surface area contributed by atoms with Crippen LogP contribution in [0.15, 0.2) is 0 Å². The minimum absolute atomic E-state index is 0.0183. The van der Waals surface area contributed by atoms with E-state index in [0.29, 0.717) is 30.6 Å². The highest BCUT2D eigenvalue weighted by atomic mass is 16.6. The molecule has 0 aromatic rings. The number of carbonyl (C=O) groups excluding carboxylic acids is 2. The van der Waals surface area contributed by atoms with Crippen molar-refractivity contribution in [2.24, 2.45) is 41.4 Å². The summed E-state index contributed by atoms with van der Waals surface area (Å²) in [4.78, 5) is 23.4. The van der Waals surface area contributed by atoms with E-state index in [2.05, 4.69) is 20.8 Å². The second-order valence-corrected chi connectivity index (χ2v) is 12.8. The van der Waals surface area contributed by atoms with E-state index >= 15 is 0 Å². The molecule has 3 atom stereocenters. The standard InChI is InChI=1S/C15H24O2.C14H24O2.2C2H6/c1-3-4-14(16)17-15(2)12-6-10-5-11(8-12)9-13(15)7-10;1-4-5-13(15)16-14(2,3)12-9-10-6-7-11(12)8-10;2*1-2/h10-13H,3-9H2,1-2H3;10-12H,4-9H2,1-3H3;2*1-2H3. The van der Waals surface area contributed by atoms with Crippen LogP contribution in [0.2, 0.25) is 0 Å². The van der Waals surface area contributed by atoms with Crippen LogP contribution in [-0.4, -0.2) is 23.1 Å². The van der Waals surface area contributed by atoms with Crippen LogP contribution in [0, 0.1) is 41.4 Å². The van der Waals surface area contributed by atoms with Crippen LogP contribution in [0.25, 0.3) is 0 Å². The lowest BCUT2D eigenvalue weighted by atomic mass is 9.50. The largest absolute Gasteiger partial charge is 0.459 e. The van der Waals surface area contributed by atoms with E-state index in [1.807, 2.05) is 41.5 Å². The molecule has 0 spiro atoms. The van der Waals surface area contributed by atoms with Crippen molar-refractivity contribution in [2.75, 3.05) is 0 Å². The third-order valence-corrected chi connectivity index (χ3v) is 10.0. The molecule has 0 saturated heterocycles. The fraction of sp³-hybridized carbons (Fsp3) is 0.939. The van der Waals surface area contributed by atoms with E-state index in [4.69, 9.17) is 9.47 Å². The Balaban J connectivity index is 0.000000230. The van der Waals surface area contributed by atoms with Gasteiger partial charge in [0.15, 0.2) is 0 Å². The summed E-state index contributed by atoms with van der Waals surface area (Å²) in [5.74, 6) is 5.53. The van der Waals surface area contributed by atoms with Crippen LogP contribution in [0.3, 0.4) is 0 Å². The van der Waals surface area contributed by atoms with Crippen LogP contribution in [0.4, 0.5) is 0 Å². The first kappa shape index (κ1) is 32.2. The molecule has 37 heavy (non-hydrogen) atoms. The van der Waals surface area contributed by atoms with Crippen LogP contribution < -0.4 is 0 Å². The quantitative estimate of drug-likeness (QED) is 0.314. The Labute approximate surface area is 229 Å². The molecular weight excluding hydrogens is 460 g/mol. The molecule has 0 amide bonds. The van der Waals surface area contributed by atoms with Crippen molar-refractivity contribution in [2.45, 2.75) is 157 Å². The molecule has 6 saturated carbocycles. The molecular formula is C33H60O4. The molecule has 6 rings (SSSR count). The first-order valence-electron chi connectivity index (χ1n) is 16.1. The highest BCUT2D eigenvalue weighted by Crippen LogP contribution is 2.59. The zero-order valence-corrected chi connectivity index (χ0v) is 25.9. The second-order valence-electron chi connectivity index (χ2n) is 12.8. The number of hydrogen-bond acceptors (Lipinski definition) is 4. The van der Waals surface area contributed by atoms with Crippen LogP contribution in [-0.2, 0) is 19.1 Å². The van der Waals surface area contributed by atoms with Crippen molar-refractivity contribution < 1.29 is 19.1 Å². The molecule has 6 aliphatic carbocycles. The summed E-state index contributed by atoms with van der Waals surface area (Å²) in [5.41, 5.74) is -0.369. The number of esters is 2. The van der Waals surface area contributed by atoms with E-state index in [0.717, 1.165) is 36.5 Å². The summed E-state index contributed by atoms with van der Waals surface area (Å²) in [6, 6.07) is 0. The van der Waals surface area contributed by atoms with Crippen molar-refractivity contribution in [3.8, 4) is 0 Å². The van der Waals surface area contributed by atoms with Gasteiger partial charge in [-0.1, -0.05) is 48.0 Å². The fourth-order valence-corrected chi connectivity index (χ4v) is 8.51. The van der Waals surface area contributed by atoms with Gasteiger partial charge in [-0.15, -0.1) is 0 Å². The van der Waals surface area contributed by atoms with Gasteiger partial charge >= 0.3 is 11.9 Å². The Bertz CT molecular complexity index is 683. The monoisotopic (exact) mass is 520 g/mol.